The first kappa shape index (κ1) is 13.0. The molecule has 2 rings (SSSR count). The number of carbonyl (C=O) groups is 1. The summed E-state index contributed by atoms with van der Waals surface area (Å²) in [6.45, 7) is 6.36. The van der Waals surface area contributed by atoms with E-state index in [0.29, 0.717) is 11.6 Å². The summed E-state index contributed by atoms with van der Waals surface area (Å²) in [4.78, 5) is 13.9. The molecule has 1 aromatic rings. The van der Waals surface area contributed by atoms with Gasteiger partial charge in [-0.05, 0) is 13.8 Å². The summed E-state index contributed by atoms with van der Waals surface area (Å²) in [5.41, 5.74) is 1.52. The van der Waals surface area contributed by atoms with Crippen molar-refractivity contribution in [3.05, 3.63) is 17.5 Å². The van der Waals surface area contributed by atoms with E-state index >= 15 is 0 Å². The number of nitrogens with one attached hydrogen (secondary N) is 2. The molecule has 0 bridgehead atoms. The number of piperazine rings is 1. The Morgan fingerprint density at radius 2 is 2.38 bits per heavy atom. The van der Waals surface area contributed by atoms with Gasteiger partial charge in [-0.1, -0.05) is 0 Å². The Morgan fingerprint density at radius 3 is 2.94 bits per heavy atom. The summed E-state index contributed by atoms with van der Waals surface area (Å²) in [5, 5.41) is 9.96. The van der Waals surface area contributed by atoms with Crippen molar-refractivity contribution in [2.75, 3.05) is 19.6 Å². The van der Waals surface area contributed by atoms with E-state index < -0.39 is 0 Å². The molecular formula is C10H17ClN4O. The minimum absolute atomic E-state index is 0. The molecule has 2 heterocycles. The molecule has 0 spiro atoms. The molecule has 16 heavy (non-hydrogen) atoms. The standard InChI is InChI=1S/C10H16N4O.ClH/c1-7-6-14(4-3-11-7)10(15)9-5-12-13-8(9)2;/h5,7,11H,3-4,6H2,1-2H3,(H,12,13);1H. The number of carbonyl (C=O) groups excluding carboxylic acids is 1. The van der Waals surface area contributed by atoms with Crippen molar-refractivity contribution >= 4 is 18.3 Å². The summed E-state index contributed by atoms with van der Waals surface area (Å²) in [6.07, 6.45) is 1.60. The van der Waals surface area contributed by atoms with Crippen LogP contribution >= 0.6 is 12.4 Å². The van der Waals surface area contributed by atoms with Crippen LogP contribution in [0.3, 0.4) is 0 Å². The first-order chi connectivity index (χ1) is 7.18. The fourth-order valence-corrected chi connectivity index (χ4v) is 1.85. The van der Waals surface area contributed by atoms with Gasteiger partial charge in [0.15, 0.2) is 0 Å². The molecule has 2 N–H and O–H groups in total. The fraction of sp³-hybridized carbons (Fsp3) is 0.600. The number of nitrogens with zero attached hydrogens (tertiary/aromatic N) is 2. The molecule has 0 aliphatic carbocycles. The van der Waals surface area contributed by atoms with E-state index in [0.717, 1.165) is 25.3 Å². The highest BCUT2D eigenvalue weighted by Crippen LogP contribution is 2.09. The van der Waals surface area contributed by atoms with Crippen LogP contribution in [0.1, 0.15) is 23.0 Å². The Morgan fingerprint density at radius 1 is 1.62 bits per heavy atom. The lowest BCUT2D eigenvalue weighted by atomic mass is 10.2. The molecule has 1 unspecified atom stereocenters. The zero-order valence-electron chi connectivity index (χ0n) is 9.49. The highest BCUT2D eigenvalue weighted by Gasteiger charge is 2.23. The van der Waals surface area contributed by atoms with Crippen LogP contribution in [0.2, 0.25) is 0 Å². The second-order valence-corrected chi connectivity index (χ2v) is 4.02. The zero-order valence-corrected chi connectivity index (χ0v) is 10.3. The number of aromatic nitrogens is 2. The Hall–Kier alpha value is -1.07. The van der Waals surface area contributed by atoms with Gasteiger partial charge in [0.1, 0.15) is 0 Å². The van der Waals surface area contributed by atoms with Gasteiger partial charge in [0, 0.05) is 31.4 Å². The van der Waals surface area contributed by atoms with Crippen molar-refractivity contribution in [3.63, 3.8) is 0 Å². The highest BCUT2D eigenvalue weighted by atomic mass is 35.5. The van der Waals surface area contributed by atoms with E-state index in [2.05, 4.69) is 22.4 Å². The van der Waals surface area contributed by atoms with E-state index in [9.17, 15) is 4.79 Å². The lowest BCUT2D eigenvalue weighted by Crippen LogP contribution is -2.51. The number of rotatable bonds is 1. The van der Waals surface area contributed by atoms with Crippen LogP contribution in [0.25, 0.3) is 0 Å². The van der Waals surface area contributed by atoms with Crippen molar-refractivity contribution in [3.8, 4) is 0 Å². The number of amides is 1. The molecule has 6 heteroatoms. The largest absolute Gasteiger partial charge is 0.336 e. The molecule has 1 aromatic heterocycles. The van der Waals surface area contributed by atoms with Gasteiger partial charge < -0.3 is 10.2 Å². The van der Waals surface area contributed by atoms with Crippen LogP contribution in [0.4, 0.5) is 0 Å². The van der Waals surface area contributed by atoms with Crippen LogP contribution < -0.4 is 5.32 Å². The average Bonchev–Trinajstić information content (AvgIpc) is 2.63. The Balaban J connectivity index is 0.00000128. The summed E-state index contributed by atoms with van der Waals surface area (Å²) in [7, 11) is 0. The van der Waals surface area contributed by atoms with Crippen LogP contribution in [0, 0.1) is 6.92 Å². The summed E-state index contributed by atoms with van der Waals surface area (Å²) in [6, 6.07) is 0.370. The van der Waals surface area contributed by atoms with Crippen LogP contribution in [0.5, 0.6) is 0 Å². The highest BCUT2D eigenvalue weighted by molar-refractivity contribution is 5.95. The molecule has 90 valence electrons. The van der Waals surface area contributed by atoms with Gasteiger partial charge in [0.05, 0.1) is 11.8 Å². The number of hydrogen-bond donors (Lipinski definition) is 2. The summed E-state index contributed by atoms with van der Waals surface area (Å²) >= 11 is 0. The maximum absolute atomic E-state index is 12.1. The van der Waals surface area contributed by atoms with Crippen molar-refractivity contribution in [1.82, 2.24) is 20.4 Å². The lowest BCUT2D eigenvalue weighted by Gasteiger charge is -2.31. The minimum atomic E-state index is 0. The number of aryl methyl sites for hydroxylation is 1. The second-order valence-electron chi connectivity index (χ2n) is 4.02. The van der Waals surface area contributed by atoms with Gasteiger partial charge in [0.25, 0.3) is 5.91 Å². The average molecular weight is 245 g/mol. The Bertz CT molecular complexity index is 365. The molecule has 1 saturated heterocycles. The predicted molar refractivity (Wildman–Crippen MR) is 63.9 cm³/mol. The smallest absolute Gasteiger partial charge is 0.257 e. The van der Waals surface area contributed by atoms with E-state index in [1.165, 1.54) is 0 Å². The summed E-state index contributed by atoms with van der Waals surface area (Å²) in [5.74, 6) is 0.0783. The molecular weight excluding hydrogens is 228 g/mol. The molecule has 5 nitrogen and oxygen atoms in total. The summed E-state index contributed by atoms with van der Waals surface area (Å²) < 4.78 is 0. The van der Waals surface area contributed by atoms with Gasteiger partial charge in [-0.3, -0.25) is 9.89 Å². The molecule has 0 saturated carbocycles. The first-order valence-corrected chi connectivity index (χ1v) is 5.21. The van der Waals surface area contributed by atoms with Crippen molar-refractivity contribution < 1.29 is 4.79 Å². The SMILES string of the molecule is Cc1[nH]ncc1C(=O)N1CCNC(C)C1.Cl. The third-order valence-corrected chi connectivity index (χ3v) is 2.72. The van der Waals surface area contributed by atoms with Gasteiger partial charge in [-0.2, -0.15) is 5.10 Å². The van der Waals surface area contributed by atoms with Crippen molar-refractivity contribution in [1.29, 1.82) is 0 Å². The molecule has 1 aliphatic heterocycles. The van der Waals surface area contributed by atoms with E-state index in [1.807, 2.05) is 11.8 Å². The zero-order chi connectivity index (χ0) is 10.8. The Labute approximate surface area is 101 Å². The molecule has 1 aliphatic rings. The molecule has 1 amide bonds. The monoisotopic (exact) mass is 244 g/mol. The predicted octanol–water partition coefficient (Wildman–Crippen LogP) is 0.574. The number of halogens is 1. The van der Waals surface area contributed by atoms with Crippen LogP contribution in [0.15, 0.2) is 6.20 Å². The molecule has 1 atom stereocenters. The number of H-pyrrole nitrogens is 1. The van der Waals surface area contributed by atoms with Gasteiger partial charge >= 0.3 is 0 Å². The molecule has 0 aromatic carbocycles. The van der Waals surface area contributed by atoms with Gasteiger partial charge in [-0.25, -0.2) is 0 Å². The maximum atomic E-state index is 12.1. The fourth-order valence-electron chi connectivity index (χ4n) is 1.85. The first-order valence-electron chi connectivity index (χ1n) is 5.21. The lowest BCUT2D eigenvalue weighted by molar-refractivity contribution is 0.0708. The second kappa shape index (κ2) is 5.32. The number of aromatic amines is 1. The quantitative estimate of drug-likeness (QED) is 0.760. The van der Waals surface area contributed by atoms with Crippen LogP contribution in [-0.2, 0) is 0 Å². The van der Waals surface area contributed by atoms with Gasteiger partial charge in [0.2, 0.25) is 0 Å². The third-order valence-electron chi connectivity index (χ3n) is 2.72. The van der Waals surface area contributed by atoms with Crippen LogP contribution in [-0.4, -0.2) is 46.7 Å². The molecule has 1 fully saturated rings. The maximum Gasteiger partial charge on any atom is 0.257 e. The molecule has 0 radical (unpaired) electrons. The third kappa shape index (κ3) is 2.54. The Kier molecular flexibility index (Phi) is 4.32. The topological polar surface area (TPSA) is 61.0 Å². The van der Waals surface area contributed by atoms with Crippen molar-refractivity contribution in [2.45, 2.75) is 19.9 Å². The minimum Gasteiger partial charge on any atom is -0.336 e. The van der Waals surface area contributed by atoms with E-state index in [1.54, 1.807) is 6.20 Å². The number of hydrogen-bond acceptors (Lipinski definition) is 3. The van der Waals surface area contributed by atoms with Gasteiger partial charge in [-0.15, -0.1) is 12.4 Å². The normalized spacial score (nSPS) is 20.4. The van der Waals surface area contributed by atoms with E-state index in [-0.39, 0.29) is 18.3 Å². The van der Waals surface area contributed by atoms with Crippen molar-refractivity contribution in [2.24, 2.45) is 0 Å². The van der Waals surface area contributed by atoms with E-state index in [4.69, 9.17) is 0 Å².